The van der Waals surface area contributed by atoms with Crippen LogP contribution in [0.25, 0.3) is 0 Å². The van der Waals surface area contributed by atoms with Crippen LogP contribution in [-0.2, 0) is 6.42 Å². The Morgan fingerprint density at radius 1 is 1.26 bits per heavy atom. The monoisotopic (exact) mass is 259 g/mol. The molecule has 3 nitrogen and oxygen atoms in total. The smallest absolute Gasteiger partial charge is 0.123 e. The number of aromatic nitrogens is 1. The number of hydrogen-bond acceptors (Lipinski definition) is 3. The molecule has 1 aromatic carbocycles. The van der Waals surface area contributed by atoms with Crippen LogP contribution < -0.4 is 11.3 Å². The molecule has 1 unspecified atom stereocenters. The van der Waals surface area contributed by atoms with Gasteiger partial charge in [-0.1, -0.05) is 12.1 Å². The van der Waals surface area contributed by atoms with Crippen LogP contribution in [0.5, 0.6) is 0 Å². The Hall–Kier alpha value is -1.78. The van der Waals surface area contributed by atoms with Crippen molar-refractivity contribution < 1.29 is 4.39 Å². The summed E-state index contributed by atoms with van der Waals surface area (Å²) in [6.45, 7) is 3.84. The fourth-order valence-electron chi connectivity index (χ4n) is 2.12. The lowest BCUT2D eigenvalue weighted by Crippen LogP contribution is -2.30. The van der Waals surface area contributed by atoms with Gasteiger partial charge in [0, 0.05) is 5.69 Å². The molecule has 4 heteroatoms. The number of hydrogen-bond donors (Lipinski definition) is 2. The number of nitrogens with one attached hydrogen (secondary N) is 1. The van der Waals surface area contributed by atoms with Crippen molar-refractivity contribution in [2.45, 2.75) is 26.3 Å². The van der Waals surface area contributed by atoms with Crippen LogP contribution >= 0.6 is 0 Å². The van der Waals surface area contributed by atoms with Crippen LogP contribution in [0.15, 0.2) is 36.4 Å². The zero-order valence-electron chi connectivity index (χ0n) is 11.2. The van der Waals surface area contributed by atoms with E-state index in [-0.39, 0.29) is 11.9 Å². The maximum Gasteiger partial charge on any atom is 0.123 e. The fraction of sp³-hybridized carbons (Fsp3) is 0.267. The maximum absolute atomic E-state index is 13.1. The highest BCUT2D eigenvalue weighted by atomic mass is 19.1. The third-order valence-corrected chi connectivity index (χ3v) is 3.20. The van der Waals surface area contributed by atoms with Crippen LogP contribution in [0.1, 0.15) is 28.6 Å². The second-order valence-corrected chi connectivity index (χ2v) is 4.70. The molecule has 19 heavy (non-hydrogen) atoms. The summed E-state index contributed by atoms with van der Waals surface area (Å²) >= 11 is 0. The van der Waals surface area contributed by atoms with Crippen LogP contribution in [0.4, 0.5) is 4.39 Å². The number of benzene rings is 1. The number of aryl methyl sites for hydroxylation is 2. The van der Waals surface area contributed by atoms with Crippen molar-refractivity contribution >= 4 is 0 Å². The molecule has 0 amide bonds. The summed E-state index contributed by atoms with van der Waals surface area (Å²) in [5.41, 5.74) is 6.61. The molecule has 2 aromatic rings. The SMILES string of the molecule is Cc1cccc(C(Cc2ccc(F)cc2C)NN)n1. The Morgan fingerprint density at radius 3 is 2.68 bits per heavy atom. The third kappa shape index (κ3) is 3.36. The molecule has 1 atom stereocenters. The van der Waals surface area contributed by atoms with Crippen LogP contribution in [0.3, 0.4) is 0 Å². The van der Waals surface area contributed by atoms with Gasteiger partial charge in [-0.05, 0) is 55.7 Å². The number of nitrogens with zero attached hydrogens (tertiary/aromatic N) is 1. The van der Waals surface area contributed by atoms with Gasteiger partial charge in [0.1, 0.15) is 5.82 Å². The Labute approximate surface area is 112 Å². The molecule has 2 rings (SSSR count). The number of hydrazine groups is 1. The summed E-state index contributed by atoms with van der Waals surface area (Å²) in [6, 6.07) is 10.6. The second kappa shape index (κ2) is 5.91. The molecule has 1 heterocycles. The molecule has 0 bridgehead atoms. The van der Waals surface area contributed by atoms with Crippen LogP contribution in [-0.4, -0.2) is 4.98 Å². The molecule has 0 fully saturated rings. The van der Waals surface area contributed by atoms with E-state index in [4.69, 9.17) is 5.84 Å². The van der Waals surface area contributed by atoms with E-state index in [0.29, 0.717) is 6.42 Å². The molecular weight excluding hydrogens is 241 g/mol. The molecular formula is C15H18FN3. The molecule has 0 radical (unpaired) electrons. The van der Waals surface area contributed by atoms with Crippen molar-refractivity contribution in [1.29, 1.82) is 0 Å². The third-order valence-electron chi connectivity index (χ3n) is 3.20. The molecule has 0 aliphatic carbocycles. The van der Waals surface area contributed by atoms with E-state index in [0.717, 1.165) is 22.5 Å². The van der Waals surface area contributed by atoms with Crippen molar-refractivity contribution in [3.63, 3.8) is 0 Å². The molecule has 0 spiro atoms. The van der Waals surface area contributed by atoms with Crippen LogP contribution in [0.2, 0.25) is 0 Å². The van der Waals surface area contributed by atoms with Gasteiger partial charge in [0.05, 0.1) is 11.7 Å². The average molecular weight is 259 g/mol. The number of nitrogens with two attached hydrogens (primary N) is 1. The van der Waals surface area contributed by atoms with Gasteiger partial charge < -0.3 is 0 Å². The van der Waals surface area contributed by atoms with Gasteiger partial charge in [-0.25, -0.2) is 4.39 Å². The van der Waals surface area contributed by atoms with E-state index in [1.807, 2.05) is 32.0 Å². The Bertz CT molecular complexity index is 569. The van der Waals surface area contributed by atoms with E-state index in [2.05, 4.69) is 10.4 Å². The van der Waals surface area contributed by atoms with Crippen molar-refractivity contribution in [3.8, 4) is 0 Å². The van der Waals surface area contributed by atoms with Crippen molar-refractivity contribution in [3.05, 3.63) is 64.7 Å². The Balaban J connectivity index is 2.24. The topological polar surface area (TPSA) is 50.9 Å². The first kappa shape index (κ1) is 13.6. The lowest BCUT2D eigenvalue weighted by atomic mass is 9.99. The number of pyridine rings is 1. The average Bonchev–Trinajstić information content (AvgIpc) is 2.38. The Morgan fingerprint density at radius 2 is 2.05 bits per heavy atom. The normalized spacial score (nSPS) is 12.4. The lowest BCUT2D eigenvalue weighted by Gasteiger charge is -2.17. The van der Waals surface area contributed by atoms with Gasteiger partial charge >= 0.3 is 0 Å². The molecule has 0 saturated carbocycles. The first-order chi connectivity index (χ1) is 9.10. The van der Waals surface area contributed by atoms with E-state index in [1.165, 1.54) is 12.1 Å². The summed E-state index contributed by atoms with van der Waals surface area (Å²) < 4.78 is 13.1. The largest absolute Gasteiger partial charge is 0.271 e. The standard InChI is InChI=1S/C15H18FN3/c1-10-8-13(16)7-6-12(10)9-15(19-17)14-5-3-4-11(2)18-14/h3-8,15,19H,9,17H2,1-2H3. The van der Waals surface area contributed by atoms with Crippen molar-refractivity contribution in [2.75, 3.05) is 0 Å². The van der Waals surface area contributed by atoms with Crippen molar-refractivity contribution in [2.24, 2.45) is 5.84 Å². The summed E-state index contributed by atoms with van der Waals surface area (Å²) in [7, 11) is 0. The van der Waals surface area contributed by atoms with Gasteiger partial charge in [-0.2, -0.15) is 0 Å². The highest BCUT2D eigenvalue weighted by molar-refractivity contribution is 5.28. The number of halogens is 1. The van der Waals surface area contributed by atoms with E-state index >= 15 is 0 Å². The van der Waals surface area contributed by atoms with Gasteiger partial charge in [-0.15, -0.1) is 0 Å². The molecule has 3 N–H and O–H groups in total. The fourth-order valence-corrected chi connectivity index (χ4v) is 2.12. The maximum atomic E-state index is 13.1. The predicted molar refractivity (Wildman–Crippen MR) is 73.9 cm³/mol. The predicted octanol–water partition coefficient (Wildman–Crippen LogP) is 2.58. The molecule has 100 valence electrons. The van der Waals surface area contributed by atoms with Crippen LogP contribution in [0, 0.1) is 19.7 Å². The highest BCUT2D eigenvalue weighted by Crippen LogP contribution is 2.19. The minimum atomic E-state index is -0.216. The first-order valence-corrected chi connectivity index (χ1v) is 6.25. The minimum Gasteiger partial charge on any atom is -0.271 e. The highest BCUT2D eigenvalue weighted by Gasteiger charge is 2.13. The van der Waals surface area contributed by atoms with Gasteiger partial charge in [-0.3, -0.25) is 16.3 Å². The number of rotatable bonds is 4. The second-order valence-electron chi connectivity index (χ2n) is 4.70. The van der Waals surface area contributed by atoms with E-state index in [9.17, 15) is 4.39 Å². The van der Waals surface area contributed by atoms with Gasteiger partial charge in [0.15, 0.2) is 0 Å². The minimum absolute atomic E-state index is 0.0796. The summed E-state index contributed by atoms with van der Waals surface area (Å²) in [4.78, 5) is 4.47. The first-order valence-electron chi connectivity index (χ1n) is 6.25. The molecule has 0 aliphatic rings. The summed E-state index contributed by atoms with van der Waals surface area (Å²) in [5, 5.41) is 0. The van der Waals surface area contributed by atoms with Crippen molar-refractivity contribution in [1.82, 2.24) is 10.4 Å². The molecule has 0 aliphatic heterocycles. The van der Waals surface area contributed by atoms with Gasteiger partial charge in [0.2, 0.25) is 0 Å². The molecule has 1 aromatic heterocycles. The lowest BCUT2D eigenvalue weighted by molar-refractivity contribution is 0.535. The summed E-state index contributed by atoms with van der Waals surface area (Å²) in [5.74, 6) is 5.40. The quantitative estimate of drug-likeness (QED) is 0.655. The van der Waals surface area contributed by atoms with E-state index in [1.54, 1.807) is 6.07 Å². The van der Waals surface area contributed by atoms with E-state index < -0.39 is 0 Å². The zero-order valence-corrected chi connectivity index (χ0v) is 11.2. The van der Waals surface area contributed by atoms with Gasteiger partial charge in [0.25, 0.3) is 0 Å². The Kier molecular flexibility index (Phi) is 4.24. The summed E-state index contributed by atoms with van der Waals surface area (Å²) in [6.07, 6.45) is 0.680. The molecule has 0 saturated heterocycles. The zero-order chi connectivity index (χ0) is 13.8.